The van der Waals surface area contributed by atoms with Crippen molar-refractivity contribution in [2.24, 2.45) is 11.3 Å². The van der Waals surface area contributed by atoms with E-state index >= 15 is 0 Å². The Morgan fingerprint density at radius 3 is 3.09 bits per heavy atom. The van der Waals surface area contributed by atoms with Gasteiger partial charge in [-0.3, -0.25) is 14.3 Å². The molecule has 0 aliphatic carbocycles. The predicted molar refractivity (Wildman–Crippen MR) is 83.5 cm³/mol. The average molecular weight is 320 g/mol. The fourth-order valence-corrected chi connectivity index (χ4v) is 3.74. The van der Waals surface area contributed by atoms with Gasteiger partial charge in [-0.25, -0.2) is 0 Å². The Kier molecular flexibility index (Phi) is 4.66. The number of nitrogens with zero attached hydrogens (tertiary/aromatic N) is 3. The highest BCUT2D eigenvalue weighted by Gasteiger charge is 2.53. The quantitative estimate of drug-likeness (QED) is 0.845. The first-order chi connectivity index (χ1) is 11.2. The molecule has 0 radical (unpaired) electrons. The largest absolute Gasteiger partial charge is 0.381 e. The number of carbonyl (C=O) groups excluding carboxylic acids is 2. The molecular weight excluding hydrogens is 296 g/mol. The van der Waals surface area contributed by atoms with E-state index in [2.05, 4.69) is 10.4 Å². The molecule has 2 fully saturated rings. The molecule has 2 amide bonds. The van der Waals surface area contributed by atoms with Crippen LogP contribution in [0.5, 0.6) is 0 Å². The van der Waals surface area contributed by atoms with Crippen molar-refractivity contribution in [2.45, 2.75) is 25.8 Å². The summed E-state index contributed by atoms with van der Waals surface area (Å²) >= 11 is 0. The third-order valence-electron chi connectivity index (χ3n) is 5.08. The van der Waals surface area contributed by atoms with Crippen LogP contribution in [0.1, 0.15) is 19.3 Å². The van der Waals surface area contributed by atoms with Gasteiger partial charge in [0.25, 0.3) is 0 Å². The van der Waals surface area contributed by atoms with Crippen LogP contribution in [-0.4, -0.2) is 59.8 Å². The van der Waals surface area contributed by atoms with E-state index in [9.17, 15) is 9.59 Å². The molecule has 0 bridgehead atoms. The van der Waals surface area contributed by atoms with Gasteiger partial charge in [-0.1, -0.05) is 0 Å². The van der Waals surface area contributed by atoms with Gasteiger partial charge in [-0.15, -0.1) is 0 Å². The molecule has 126 valence electrons. The summed E-state index contributed by atoms with van der Waals surface area (Å²) < 4.78 is 7.36. The molecule has 2 saturated heterocycles. The molecule has 2 aliphatic heterocycles. The Bertz CT molecular complexity index is 560. The second-order valence-corrected chi connectivity index (χ2v) is 6.40. The number of aryl methyl sites for hydroxylation is 1. The molecule has 3 heterocycles. The minimum Gasteiger partial charge on any atom is -0.381 e. The van der Waals surface area contributed by atoms with Crippen molar-refractivity contribution in [3.8, 4) is 0 Å². The van der Waals surface area contributed by atoms with E-state index in [0.29, 0.717) is 39.1 Å². The third kappa shape index (κ3) is 3.10. The van der Waals surface area contributed by atoms with Gasteiger partial charge in [-0.05, 0) is 18.9 Å². The molecule has 1 aromatic heterocycles. The standard InChI is InChI=1S/C16H24N4O3/c1-17-15(22)16-5-9-23-11-13(16)10-19(12-16)14(21)4-2-7-20-8-3-6-18-20/h3,6,8,13H,2,4-5,7,9-12H2,1H3,(H,17,22)/t13-,16+/m1/s1. The van der Waals surface area contributed by atoms with Crippen LogP contribution in [0.3, 0.4) is 0 Å². The summed E-state index contributed by atoms with van der Waals surface area (Å²) in [5, 5.41) is 6.91. The monoisotopic (exact) mass is 320 g/mol. The van der Waals surface area contributed by atoms with E-state index in [-0.39, 0.29) is 17.7 Å². The van der Waals surface area contributed by atoms with Gasteiger partial charge in [0.1, 0.15) is 0 Å². The van der Waals surface area contributed by atoms with Crippen LogP contribution in [0.4, 0.5) is 0 Å². The molecule has 1 aromatic rings. The van der Waals surface area contributed by atoms with Crippen LogP contribution in [0.2, 0.25) is 0 Å². The summed E-state index contributed by atoms with van der Waals surface area (Å²) in [6.07, 6.45) is 5.56. The van der Waals surface area contributed by atoms with Crippen molar-refractivity contribution in [1.82, 2.24) is 20.0 Å². The van der Waals surface area contributed by atoms with Gasteiger partial charge < -0.3 is 15.0 Å². The molecule has 23 heavy (non-hydrogen) atoms. The number of fused-ring (bicyclic) bond motifs is 1. The minimum atomic E-state index is -0.468. The normalized spacial score (nSPS) is 26.8. The maximum atomic E-state index is 12.5. The van der Waals surface area contributed by atoms with Crippen LogP contribution in [0, 0.1) is 11.3 Å². The zero-order valence-corrected chi connectivity index (χ0v) is 13.5. The van der Waals surface area contributed by atoms with E-state index in [0.717, 1.165) is 13.0 Å². The predicted octanol–water partition coefficient (Wildman–Crippen LogP) is 0.274. The first kappa shape index (κ1) is 16.0. The van der Waals surface area contributed by atoms with Crippen LogP contribution in [0.15, 0.2) is 18.5 Å². The highest BCUT2D eigenvalue weighted by atomic mass is 16.5. The van der Waals surface area contributed by atoms with Crippen molar-refractivity contribution in [3.05, 3.63) is 18.5 Å². The topological polar surface area (TPSA) is 76.5 Å². The molecule has 7 heteroatoms. The number of rotatable bonds is 5. The lowest BCUT2D eigenvalue weighted by atomic mass is 9.73. The smallest absolute Gasteiger partial charge is 0.228 e. The van der Waals surface area contributed by atoms with Crippen LogP contribution in [0.25, 0.3) is 0 Å². The first-order valence-electron chi connectivity index (χ1n) is 8.21. The highest BCUT2D eigenvalue weighted by Crippen LogP contribution is 2.42. The molecule has 0 spiro atoms. The van der Waals surface area contributed by atoms with Crippen LogP contribution >= 0.6 is 0 Å². The van der Waals surface area contributed by atoms with Crippen molar-refractivity contribution in [1.29, 1.82) is 0 Å². The number of aromatic nitrogens is 2. The Labute approximate surface area is 136 Å². The van der Waals surface area contributed by atoms with E-state index < -0.39 is 5.41 Å². The number of carbonyl (C=O) groups is 2. The molecular formula is C16H24N4O3. The van der Waals surface area contributed by atoms with Crippen molar-refractivity contribution >= 4 is 11.8 Å². The maximum absolute atomic E-state index is 12.5. The third-order valence-corrected chi connectivity index (χ3v) is 5.08. The van der Waals surface area contributed by atoms with Gasteiger partial charge in [0.2, 0.25) is 11.8 Å². The van der Waals surface area contributed by atoms with Crippen LogP contribution in [-0.2, 0) is 20.9 Å². The summed E-state index contributed by atoms with van der Waals surface area (Å²) in [4.78, 5) is 26.7. The van der Waals surface area contributed by atoms with Gasteiger partial charge in [-0.2, -0.15) is 5.10 Å². The average Bonchev–Trinajstić information content (AvgIpc) is 3.21. The number of likely N-dealkylation sites (tertiary alicyclic amines) is 1. The maximum Gasteiger partial charge on any atom is 0.228 e. The number of ether oxygens (including phenoxy) is 1. The van der Waals surface area contributed by atoms with E-state index in [4.69, 9.17) is 4.74 Å². The van der Waals surface area contributed by atoms with Crippen molar-refractivity contribution in [2.75, 3.05) is 33.4 Å². The number of hydrogen-bond acceptors (Lipinski definition) is 4. The van der Waals surface area contributed by atoms with Gasteiger partial charge in [0, 0.05) is 58.0 Å². The molecule has 3 rings (SSSR count). The lowest BCUT2D eigenvalue weighted by Crippen LogP contribution is -2.49. The molecule has 2 atom stereocenters. The summed E-state index contributed by atoms with van der Waals surface area (Å²) in [6, 6.07) is 1.88. The Balaban J connectivity index is 1.58. The van der Waals surface area contributed by atoms with Gasteiger partial charge >= 0.3 is 0 Å². The Morgan fingerprint density at radius 2 is 2.35 bits per heavy atom. The van der Waals surface area contributed by atoms with E-state index in [1.54, 1.807) is 13.2 Å². The van der Waals surface area contributed by atoms with E-state index in [1.807, 2.05) is 21.8 Å². The van der Waals surface area contributed by atoms with Crippen molar-refractivity contribution in [3.63, 3.8) is 0 Å². The Morgan fingerprint density at radius 1 is 1.48 bits per heavy atom. The molecule has 0 saturated carbocycles. The molecule has 0 aromatic carbocycles. The zero-order chi connectivity index (χ0) is 16.3. The molecule has 1 N–H and O–H groups in total. The highest BCUT2D eigenvalue weighted by molar-refractivity contribution is 5.85. The fraction of sp³-hybridized carbons (Fsp3) is 0.688. The second kappa shape index (κ2) is 6.70. The Hall–Kier alpha value is -1.89. The number of nitrogens with one attached hydrogen (secondary N) is 1. The lowest BCUT2D eigenvalue weighted by Gasteiger charge is -2.36. The second-order valence-electron chi connectivity index (χ2n) is 6.40. The zero-order valence-electron chi connectivity index (χ0n) is 13.5. The SMILES string of the molecule is CNC(=O)[C@]12CCOC[C@H]1CN(C(=O)CCCn1cccn1)C2. The summed E-state index contributed by atoms with van der Waals surface area (Å²) in [6.45, 7) is 3.02. The van der Waals surface area contributed by atoms with E-state index in [1.165, 1.54) is 0 Å². The summed E-state index contributed by atoms with van der Waals surface area (Å²) in [5.74, 6) is 0.263. The lowest BCUT2D eigenvalue weighted by molar-refractivity contribution is -0.139. The summed E-state index contributed by atoms with van der Waals surface area (Å²) in [7, 11) is 1.66. The van der Waals surface area contributed by atoms with Crippen molar-refractivity contribution < 1.29 is 14.3 Å². The molecule has 7 nitrogen and oxygen atoms in total. The first-order valence-corrected chi connectivity index (χ1v) is 8.21. The van der Waals surface area contributed by atoms with Crippen LogP contribution < -0.4 is 5.32 Å². The molecule has 2 aliphatic rings. The summed E-state index contributed by atoms with van der Waals surface area (Å²) in [5.41, 5.74) is -0.468. The minimum absolute atomic E-state index is 0.0395. The van der Waals surface area contributed by atoms with Gasteiger partial charge in [0.05, 0.1) is 12.0 Å². The number of hydrogen-bond donors (Lipinski definition) is 1. The van der Waals surface area contributed by atoms with Gasteiger partial charge in [0.15, 0.2) is 0 Å². The number of amides is 2. The fourth-order valence-electron chi connectivity index (χ4n) is 3.74. The molecule has 0 unspecified atom stereocenters.